The average molecular weight is 215 g/mol. The predicted molar refractivity (Wildman–Crippen MR) is 59.8 cm³/mol. The number of hydrogen-bond donors (Lipinski definition) is 0. The summed E-state index contributed by atoms with van der Waals surface area (Å²) in [5.74, 6) is 1.40. The second-order valence-corrected chi connectivity index (χ2v) is 4.74. The van der Waals surface area contributed by atoms with Crippen molar-refractivity contribution < 1.29 is 9.53 Å². The van der Waals surface area contributed by atoms with Crippen LogP contribution < -0.4 is 0 Å². The van der Waals surface area contributed by atoms with E-state index in [4.69, 9.17) is 0 Å². The van der Waals surface area contributed by atoms with Crippen LogP contribution in [0.4, 0.5) is 0 Å². The smallest absolute Gasteiger partial charge is 0.305 e. The van der Waals surface area contributed by atoms with Crippen molar-refractivity contribution in [3.05, 3.63) is 0 Å². The maximum atomic E-state index is 10.9. The van der Waals surface area contributed by atoms with Gasteiger partial charge in [-0.1, -0.05) is 13.8 Å². The molecule has 1 atom stereocenters. The lowest BCUT2D eigenvalue weighted by molar-refractivity contribution is -0.140. The van der Waals surface area contributed by atoms with Gasteiger partial charge < -0.3 is 4.74 Å². The molecular weight excluding hydrogens is 198 g/mol. The summed E-state index contributed by atoms with van der Waals surface area (Å²) < 4.78 is 4.59. The van der Waals surface area contributed by atoms with Crippen LogP contribution in [0.3, 0.4) is 0 Å². The zero-order valence-corrected chi connectivity index (χ0v) is 9.76. The number of nitrogens with zero attached hydrogens (tertiary/aromatic N) is 1. The monoisotopic (exact) mass is 215 g/mol. The van der Waals surface area contributed by atoms with Gasteiger partial charge in [0, 0.05) is 18.1 Å². The number of rotatable bonds is 4. The minimum atomic E-state index is -0.136. The summed E-state index contributed by atoms with van der Waals surface area (Å²) in [6.45, 7) is 4.29. The molecule has 1 aliphatic heterocycles. The molecule has 1 rings (SSSR count). The first-order chi connectivity index (χ1) is 6.63. The van der Waals surface area contributed by atoms with Crippen molar-refractivity contribution in [2.45, 2.75) is 32.7 Å². The van der Waals surface area contributed by atoms with Crippen molar-refractivity contribution >= 4 is 22.8 Å². The molecule has 14 heavy (non-hydrogen) atoms. The van der Waals surface area contributed by atoms with Crippen LogP contribution in [-0.2, 0) is 9.53 Å². The first-order valence-electron chi connectivity index (χ1n) is 4.90. The lowest BCUT2D eigenvalue weighted by atomic mass is 10.2. The predicted octanol–water partition coefficient (Wildman–Crippen LogP) is 2.11. The van der Waals surface area contributed by atoms with Gasteiger partial charge >= 0.3 is 5.97 Å². The molecule has 0 aliphatic carbocycles. The lowest BCUT2D eigenvalue weighted by Crippen LogP contribution is -2.08. The molecule has 0 aromatic heterocycles. The van der Waals surface area contributed by atoms with Crippen molar-refractivity contribution in [1.82, 2.24) is 0 Å². The van der Waals surface area contributed by atoms with Crippen LogP contribution in [0.15, 0.2) is 4.99 Å². The Balaban J connectivity index is 2.31. The topological polar surface area (TPSA) is 38.7 Å². The van der Waals surface area contributed by atoms with Gasteiger partial charge in [-0.3, -0.25) is 9.79 Å². The number of methoxy groups -OCH3 is 1. The first-order valence-corrected chi connectivity index (χ1v) is 5.89. The zero-order valence-electron chi connectivity index (χ0n) is 8.95. The fraction of sp³-hybridized carbons (Fsp3) is 0.800. The number of thioether (sulfide) groups is 1. The Morgan fingerprint density at radius 3 is 2.93 bits per heavy atom. The maximum absolute atomic E-state index is 10.9. The molecule has 0 radical (unpaired) electrons. The number of carbonyl (C=O) groups is 1. The van der Waals surface area contributed by atoms with Crippen LogP contribution in [0.2, 0.25) is 0 Å². The first kappa shape index (κ1) is 11.6. The molecule has 0 N–H and O–H groups in total. The Bertz CT molecular complexity index is 238. The van der Waals surface area contributed by atoms with E-state index in [1.54, 1.807) is 0 Å². The van der Waals surface area contributed by atoms with Gasteiger partial charge in [0.2, 0.25) is 0 Å². The number of hydrogen-bond acceptors (Lipinski definition) is 4. The van der Waals surface area contributed by atoms with Crippen molar-refractivity contribution in [2.24, 2.45) is 10.9 Å². The fourth-order valence-corrected chi connectivity index (χ4v) is 2.45. The highest BCUT2D eigenvalue weighted by atomic mass is 32.2. The van der Waals surface area contributed by atoms with E-state index in [0.717, 1.165) is 12.2 Å². The van der Waals surface area contributed by atoms with E-state index in [0.29, 0.717) is 18.4 Å². The summed E-state index contributed by atoms with van der Waals surface area (Å²) in [5.41, 5.74) is 0. The van der Waals surface area contributed by atoms with Gasteiger partial charge in [-0.25, -0.2) is 0 Å². The fourth-order valence-electron chi connectivity index (χ4n) is 1.29. The highest BCUT2D eigenvalue weighted by Crippen LogP contribution is 2.25. The van der Waals surface area contributed by atoms with Gasteiger partial charge in [-0.2, -0.15) is 0 Å². The Morgan fingerprint density at radius 2 is 2.43 bits per heavy atom. The highest BCUT2D eigenvalue weighted by Gasteiger charge is 2.20. The van der Waals surface area contributed by atoms with Crippen LogP contribution in [0, 0.1) is 5.92 Å². The Morgan fingerprint density at radius 1 is 1.71 bits per heavy atom. The third-order valence-electron chi connectivity index (χ3n) is 2.14. The summed E-state index contributed by atoms with van der Waals surface area (Å²) in [6.07, 6.45) is 1.30. The Labute approximate surface area is 89.3 Å². The number of aliphatic imine (C=N–C) groups is 1. The number of esters is 1. The lowest BCUT2D eigenvalue weighted by Gasteiger charge is -2.03. The summed E-state index contributed by atoms with van der Waals surface area (Å²) in [7, 11) is 1.43. The molecule has 3 nitrogen and oxygen atoms in total. The van der Waals surface area contributed by atoms with E-state index in [2.05, 4.69) is 23.6 Å². The van der Waals surface area contributed by atoms with E-state index in [-0.39, 0.29) is 5.97 Å². The van der Waals surface area contributed by atoms with Gasteiger partial charge in [-0.15, -0.1) is 11.8 Å². The van der Waals surface area contributed by atoms with Crippen LogP contribution >= 0.6 is 11.8 Å². The Kier molecular flexibility index (Phi) is 4.45. The third-order valence-corrected chi connectivity index (χ3v) is 3.56. The van der Waals surface area contributed by atoms with Gasteiger partial charge in [0.25, 0.3) is 0 Å². The SMILES string of the molecule is COC(=O)CCC1CSC(C(C)C)=N1. The maximum Gasteiger partial charge on any atom is 0.305 e. The normalized spacial score (nSPS) is 21.1. The van der Waals surface area contributed by atoms with E-state index in [9.17, 15) is 4.79 Å². The minimum absolute atomic E-state index is 0.136. The highest BCUT2D eigenvalue weighted by molar-refractivity contribution is 8.14. The number of carbonyl (C=O) groups excluding carboxylic acids is 1. The summed E-state index contributed by atoms with van der Waals surface area (Å²) >= 11 is 1.82. The molecule has 1 aliphatic rings. The van der Waals surface area contributed by atoms with E-state index < -0.39 is 0 Å². The molecule has 80 valence electrons. The summed E-state index contributed by atoms with van der Waals surface area (Å²) in [5, 5.41) is 1.22. The van der Waals surface area contributed by atoms with Crippen molar-refractivity contribution in [1.29, 1.82) is 0 Å². The van der Waals surface area contributed by atoms with Gasteiger partial charge in [-0.05, 0) is 6.42 Å². The summed E-state index contributed by atoms with van der Waals surface area (Å²) in [6, 6.07) is 0.316. The van der Waals surface area contributed by atoms with Crippen LogP contribution in [-0.4, -0.2) is 29.9 Å². The van der Waals surface area contributed by atoms with Gasteiger partial charge in [0.05, 0.1) is 18.2 Å². The van der Waals surface area contributed by atoms with Crippen molar-refractivity contribution in [3.8, 4) is 0 Å². The minimum Gasteiger partial charge on any atom is -0.469 e. The van der Waals surface area contributed by atoms with Gasteiger partial charge in [0.1, 0.15) is 0 Å². The molecule has 0 bridgehead atoms. The zero-order chi connectivity index (χ0) is 10.6. The molecule has 1 unspecified atom stereocenters. The number of ether oxygens (including phenoxy) is 1. The molecule has 0 saturated heterocycles. The molecule has 0 amide bonds. The Hall–Kier alpha value is -0.510. The van der Waals surface area contributed by atoms with Crippen LogP contribution in [0.5, 0.6) is 0 Å². The molecule has 0 aromatic carbocycles. The van der Waals surface area contributed by atoms with Gasteiger partial charge in [0.15, 0.2) is 0 Å². The quantitative estimate of drug-likeness (QED) is 0.674. The van der Waals surface area contributed by atoms with E-state index in [1.807, 2.05) is 11.8 Å². The second-order valence-electron chi connectivity index (χ2n) is 3.70. The van der Waals surface area contributed by atoms with Crippen LogP contribution in [0.1, 0.15) is 26.7 Å². The van der Waals surface area contributed by atoms with Crippen LogP contribution in [0.25, 0.3) is 0 Å². The average Bonchev–Trinajstić information content (AvgIpc) is 2.62. The molecular formula is C10H17NO2S. The third kappa shape index (κ3) is 3.33. The molecule has 0 aromatic rings. The van der Waals surface area contributed by atoms with Crippen molar-refractivity contribution in [3.63, 3.8) is 0 Å². The molecule has 0 fully saturated rings. The van der Waals surface area contributed by atoms with E-state index in [1.165, 1.54) is 12.2 Å². The molecule has 0 saturated carbocycles. The standard InChI is InChI=1S/C10H17NO2S/c1-7(2)10-11-8(6-14-10)4-5-9(12)13-3/h7-8H,4-6H2,1-3H3. The molecule has 1 heterocycles. The summed E-state index contributed by atoms with van der Waals surface area (Å²) in [4.78, 5) is 15.5. The van der Waals surface area contributed by atoms with Crippen molar-refractivity contribution in [2.75, 3.05) is 12.9 Å². The molecule has 4 heteroatoms. The largest absolute Gasteiger partial charge is 0.469 e. The molecule has 0 spiro atoms. The second kappa shape index (κ2) is 5.39. The van der Waals surface area contributed by atoms with E-state index >= 15 is 0 Å².